The first kappa shape index (κ1) is 14.0. The van der Waals surface area contributed by atoms with E-state index in [0.29, 0.717) is 0 Å². The Labute approximate surface area is 132 Å². The number of halogens is 3. The number of rotatable bonds is 3. The van der Waals surface area contributed by atoms with Gasteiger partial charge in [-0.25, -0.2) is 4.98 Å². The summed E-state index contributed by atoms with van der Waals surface area (Å²) >= 11 is 10.4. The third-order valence-electron chi connectivity index (χ3n) is 2.50. The molecule has 0 radical (unpaired) electrons. The first-order chi connectivity index (χ1) is 8.56. The molecular weight excluding hydrogens is 424 g/mol. The van der Waals surface area contributed by atoms with Gasteiger partial charge in [-0.2, -0.15) is 0 Å². The van der Waals surface area contributed by atoms with Crippen molar-refractivity contribution in [2.75, 3.05) is 5.32 Å². The van der Waals surface area contributed by atoms with Crippen LogP contribution in [0.2, 0.25) is 0 Å². The van der Waals surface area contributed by atoms with E-state index in [2.05, 4.69) is 76.3 Å². The fourth-order valence-electron chi connectivity index (χ4n) is 1.51. The third kappa shape index (κ3) is 3.56. The molecule has 2 aromatic rings. The van der Waals surface area contributed by atoms with Crippen molar-refractivity contribution in [3.05, 3.63) is 55.1 Å². The molecule has 0 spiro atoms. The Balaban J connectivity index is 2.06. The van der Waals surface area contributed by atoms with Gasteiger partial charge in [0.25, 0.3) is 0 Å². The maximum atomic E-state index is 4.26. The van der Waals surface area contributed by atoms with Gasteiger partial charge in [0.1, 0.15) is 4.60 Å². The topological polar surface area (TPSA) is 24.9 Å². The van der Waals surface area contributed by atoms with Crippen LogP contribution in [-0.4, -0.2) is 4.98 Å². The maximum absolute atomic E-state index is 4.26. The number of pyridine rings is 1. The number of aryl methyl sites for hydroxylation is 1. The molecule has 0 unspecified atom stereocenters. The van der Waals surface area contributed by atoms with Gasteiger partial charge in [-0.15, -0.1) is 0 Å². The molecule has 0 bridgehead atoms. The Kier molecular flexibility index (Phi) is 4.81. The molecule has 0 saturated carbocycles. The lowest BCUT2D eigenvalue weighted by atomic mass is 10.2. The summed E-state index contributed by atoms with van der Waals surface area (Å²) in [5.74, 6) is 0. The molecule has 2 rings (SSSR count). The lowest BCUT2D eigenvalue weighted by molar-refractivity contribution is 1.12. The molecule has 1 aromatic carbocycles. The summed E-state index contributed by atoms with van der Waals surface area (Å²) in [6.07, 6.45) is 1.82. The molecule has 0 saturated heterocycles. The van der Waals surface area contributed by atoms with Crippen molar-refractivity contribution in [1.82, 2.24) is 4.98 Å². The minimum atomic E-state index is 0.772. The van der Waals surface area contributed by atoms with Crippen LogP contribution in [0.1, 0.15) is 11.1 Å². The van der Waals surface area contributed by atoms with Gasteiger partial charge in [0.05, 0.1) is 11.9 Å². The smallest absolute Gasteiger partial charge is 0.109 e. The molecule has 0 fully saturated rings. The highest BCUT2D eigenvalue weighted by atomic mass is 79.9. The van der Waals surface area contributed by atoms with Crippen LogP contribution in [0.5, 0.6) is 0 Å². The van der Waals surface area contributed by atoms with Gasteiger partial charge in [-0.1, -0.05) is 6.07 Å². The molecule has 0 aliphatic carbocycles. The lowest BCUT2D eigenvalue weighted by Gasteiger charge is -2.08. The summed E-state index contributed by atoms with van der Waals surface area (Å²) in [6, 6.07) is 8.29. The van der Waals surface area contributed by atoms with Gasteiger partial charge < -0.3 is 5.32 Å². The standard InChI is InChI=1S/C13H11Br3N2/c1-8-4-10(7-18-13(8)16)17-6-9-2-3-11(14)12(15)5-9/h2-5,7,17H,6H2,1H3. The molecule has 5 heteroatoms. The molecule has 0 aliphatic heterocycles. The number of anilines is 1. The second kappa shape index (κ2) is 6.17. The van der Waals surface area contributed by atoms with E-state index >= 15 is 0 Å². The summed E-state index contributed by atoms with van der Waals surface area (Å²) < 4.78 is 3.01. The van der Waals surface area contributed by atoms with Crippen LogP contribution in [0, 0.1) is 6.92 Å². The Bertz CT molecular complexity index is 519. The highest BCUT2D eigenvalue weighted by Crippen LogP contribution is 2.24. The second-order valence-corrected chi connectivity index (χ2v) is 6.39. The van der Waals surface area contributed by atoms with E-state index in [9.17, 15) is 0 Å². The Morgan fingerprint density at radius 3 is 2.56 bits per heavy atom. The molecule has 18 heavy (non-hydrogen) atoms. The van der Waals surface area contributed by atoms with Crippen LogP contribution in [0.4, 0.5) is 5.69 Å². The van der Waals surface area contributed by atoms with Crippen molar-refractivity contribution >= 4 is 53.5 Å². The zero-order valence-electron chi connectivity index (χ0n) is 9.67. The SMILES string of the molecule is Cc1cc(NCc2ccc(Br)c(Br)c2)cnc1Br. The minimum Gasteiger partial charge on any atom is -0.380 e. The highest BCUT2D eigenvalue weighted by molar-refractivity contribution is 9.13. The monoisotopic (exact) mass is 432 g/mol. The van der Waals surface area contributed by atoms with E-state index in [1.165, 1.54) is 5.56 Å². The van der Waals surface area contributed by atoms with Gasteiger partial charge in [0.2, 0.25) is 0 Å². The fraction of sp³-hybridized carbons (Fsp3) is 0.154. The van der Waals surface area contributed by atoms with Crippen molar-refractivity contribution in [2.24, 2.45) is 0 Å². The number of aromatic nitrogens is 1. The lowest BCUT2D eigenvalue weighted by Crippen LogP contribution is -2.00. The van der Waals surface area contributed by atoms with E-state index in [1.54, 1.807) is 0 Å². The largest absolute Gasteiger partial charge is 0.380 e. The van der Waals surface area contributed by atoms with Crippen LogP contribution in [0.15, 0.2) is 44.0 Å². The zero-order chi connectivity index (χ0) is 13.1. The summed E-state index contributed by atoms with van der Waals surface area (Å²) in [4.78, 5) is 4.26. The summed E-state index contributed by atoms with van der Waals surface area (Å²) in [5.41, 5.74) is 3.36. The van der Waals surface area contributed by atoms with Crippen LogP contribution in [0.3, 0.4) is 0 Å². The first-order valence-corrected chi connectivity index (χ1v) is 7.74. The van der Waals surface area contributed by atoms with Gasteiger partial charge in [-0.05, 0) is 84.0 Å². The number of hydrogen-bond acceptors (Lipinski definition) is 2. The zero-order valence-corrected chi connectivity index (χ0v) is 14.4. The quantitative estimate of drug-likeness (QED) is 0.664. The molecule has 2 nitrogen and oxygen atoms in total. The predicted octanol–water partition coefficient (Wildman–Crippen LogP) is 5.29. The molecule has 0 aliphatic rings. The van der Waals surface area contributed by atoms with Crippen molar-refractivity contribution < 1.29 is 0 Å². The molecule has 1 heterocycles. The van der Waals surface area contributed by atoms with Gasteiger partial charge in [0, 0.05) is 15.5 Å². The van der Waals surface area contributed by atoms with Crippen molar-refractivity contribution in [2.45, 2.75) is 13.5 Å². The average Bonchev–Trinajstić information content (AvgIpc) is 2.35. The Morgan fingerprint density at radius 2 is 1.89 bits per heavy atom. The van der Waals surface area contributed by atoms with Crippen molar-refractivity contribution in [1.29, 1.82) is 0 Å². The van der Waals surface area contributed by atoms with E-state index in [0.717, 1.165) is 31.3 Å². The van der Waals surface area contributed by atoms with Crippen LogP contribution in [0.25, 0.3) is 0 Å². The number of benzene rings is 1. The molecule has 0 atom stereocenters. The van der Waals surface area contributed by atoms with E-state index in [-0.39, 0.29) is 0 Å². The molecule has 94 valence electrons. The van der Waals surface area contributed by atoms with Crippen LogP contribution >= 0.6 is 47.8 Å². The molecule has 1 N–H and O–H groups in total. The number of nitrogens with zero attached hydrogens (tertiary/aromatic N) is 1. The highest BCUT2D eigenvalue weighted by Gasteiger charge is 2.01. The second-order valence-electron chi connectivity index (χ2n) is 3.93. The number of nitrogens with one attached hydrogen (secondary N) is 1. The maximum Gasteiger partial charge on any atom is 0.109 e. The van der Waals surface area contributed by atoms with Gasteiger partial charge in [0.15, 0.2) is 0 Å². The van der Waals surface area contributed by atoms with Gasteiger partial charge >= 0.3 is 0 Å². The minimum absolute atomic E-state index is 0.772. The van der Waals surface area contributed by atoms with Crippen molar-refractivity contribution in [3.8, 4) is 0 Å². The Hall–Kier alpha value is -0.390. The van der Waals surface area contributed by atoms with Gasteiger partial charge in [-0.3, -0.25) is 0 Å². The Morgan fingerprint density at radius 1 is 1.11 bits per heavy atom. The normalized spacial score (nSPS) is 10.4. The van der Waals surface area contributed by atoms with E-state index in [4.69, 9.17) is 0 Å². The molecular formula is C13H11Br3N2. The van der Waals surface area contributed by atoms with E-state index in [1.807, 2.05) is 19.2 Å². The first-order valence-electron chi connectivity index (χ1n) is 5.36. The van der Waals surface area contributed by atoms with Crippen molar-refractivity contribution in [3.63, 3.8) is 0 Å². The summed E-state index contributed by atoms with van der Waals surface area (Å²) in [7, 11) is 0. The summed E-state index contributed by atoms with van der Waals surface area (Å²) in [6.45, 7) is 2.80. The third-order valence-corrected chi connectivity index (χ3v) is 5.20. The molecule has 0 amide bonds. The van der Waals surface area contributed by atoms with Crippen LogP contribution in [-0.2, 0) is 6.54 Å². The summed E-state index contributed by atoms with van der Waals surface area (Å²) in [5, 5.41) is 3.36. The van der Waals surface area contributed by atoms with Crippen LogP contribution < -0.4 is 5.32 Å². The average molecular weight is 435 g/mol. The molecule has 1 aromatic heterocycles. The fourth-order valence-corrected chi connectivity index (χ4v) is 2.40. The number of hydrogen-bond donors (Lipinski definition) is 1. The predicted molar refractivity (Wildman–Crippen MR) is 85.8 cm³/mol. The van der Waals surface area contributed by atoms with E-state index < -0.39 is 0 Å².